The molecule has 31 heavy (non-hydrogen) atoms. The van der Waals surface area contributed by atoms with Gasteiger partial charge in [-0.1, -0.05) is 25.3 Å². The summed E-state index contributed by atoms with van der Waals surface area (Å²) in [6.07, 6.45) is 8.79. The molecule has 8 heteroatoms. The molecular formula is C23H38N6O2. The molecule has 1 saturated heterocycles. The van der Waals surface area contributed by atoms with Gasteiger partial charge in [-0.25, -0.2) is 0 Å². The second-order valence-electron chi connectivity index (χ2n) is 8.55. The minimum Gasteiger partial charge on any atom is -0.379 e. The molecule has 1 aliphatic carbocycles. The lowest BCUT2D eigenvalue weighted by atomic mass is 9.80. The molecule has 0 aromatic carbocycles. The lowest BCUT2D eigenvalue weighted by molar-refractivity contribution is -0.128. The molecule has 1 amide bonds. The van der Waals surface area contributed by atoms with Gasteiger partial charge in [0.15, 0.2) is 5.96 Å². The van der Waals surface area contributed by atoms with Crippen molar-refractivity contribution < 1.29 is 9.53 Å². The zero-order valence-corrected chi connectivity index (χ0v) is 19.1. The Morgan fingerprint density at radius 1 is 1.23 bits per heavy atom. The molecule has 0 spiro atoms. The Bertz CT molecular complexity index is 699. The molecule has 1 aromatic rings. The van der Waals surface area contributed by atoms with Gasteiger partial charge in [0.25, 0.3) is 0 Å². The third-order valence-electron chi connectivity index (χ3n) is 6.54. The first kappa shape index (κ1) is 23.5. The molecule has 0 radical (unpaired) electrons. The molecule has 2 fully saturated rings. The van der Waals surface area contributed by atoms with Crippen LogP contribution in [0.2, 0.25) is 0 Å². The van der Waals surface area contributed by atoms with Crippen LogP contribution >= 0.6 is 0 Å². The van der Waals surface area contributed by atoms with Crippen LogP contribution in [-0.2, 0) is 16.0 Å². The average Bonchev–Trinajstić information content (AvgIpc) is 2.84. The molecule has 1 aliphatic heterocycles. The molecule has 2 aliphatic rings. The van der Waals surface area contributed by atoms with Crippen LogP contribution < -0.4 is 10.6 Å². The van der Waals surface area contributed by atoms with E-state index in [0.717, 1.165) is 45.0 Å². The van der Waals surface area contributed by atoms with E-state index < -0.39 is 0 Å². The Hall–Kier alpha value is -2.19. The molecule has 172 valence electrons. The molecule has 1 aromatic heterocycles. The minimum absolute atomic E-state index is 0.0411. The van der Waals surface area contributed by atoms with Crippen LogP contribution in [0, 0.1) is 0 Å². The van der Waals surface area contributed by atoms with Crippen molar-refractivity contribution in [2.75, 3.05) is 60.0 Å². The van der Waals surface area contributed by atoms with Gasteiger partial charge in [-0.15, -0.1) is 0 Å². The summed E-state index contributed by atoms with van der Waals surface area (Å²) in [5.74, 6) is 0.726. The van der Waals surface area contributed by atoms with E-state index in [9.17, 15) is 4.79 Å². The number of amides is 1. The fourth-order valence-electron chi connectivity index (χ4n) is 4.57. The average molecular weight is 431 g/mol. The summed E-state index contributed by atoms with van der Waals surface area (Å²) in [6, 6.07) is 5.85. The lowest BCUT2D eigenvalue weighted by Crippen LogP contribution is -2.60. The molecule has 0 unspecified atom stereocenters. The highest BCUT2D eigenvalue weighted by atomic mass is 16.5. The van der Waals surface area contributed by atoms with E-state index in [1.807, 2.05) is 25.2 Å². The van der Waals surface area contributed by atoms with E-state index in [1.165, 1.54) is 32.1 Å². The molecule has 2 N–H and O–H groups in total. The van der Waals surface area contributed by atoms with Crippen molar-refractivity contribution in [3.05, 3.63) is 30.1 Å². The smallest absolute Gasteiger partial charge is 0.241 e. The summed E-state index contributed by atoms with van der Waals surface area (Å²) < 4.78 is 5.57. The highest BCUT2D eigenvalue weighted by molar-refractivity contribution is 5.86. The molecule has 8 nitrogen and oxygen atoms in total. The topological polar surface area (TPSA) is 82.1 Å². The molecule has 3 rings (SSSR count). The first-order valence-electron chi connectivity index (χ1n) is 11.5. The molecule has 0 atom stereocenters. The van der Waals surface area contributed by atoms with Crippen LogP contribution in [0.1, 0.15) is 37.8 Å². The van der Waals surface area contributed by atoms with Gasteiger partial charge in [-0.3, -0.25) is 19.7 Å². The predicted octanol–water partition coefficient (Wildman–Crippen LogP) is 1.28. The summed E-state index contributed by atoms with van der Waals surface area (Å²) in [5, 5.41) is 6.70. The first-order valence-corrected chi connectivity index (χ1v) is 11.5. The predicted molar refractivity (Wildman–Crippen MR) is 123 cm³/mol. The number of aliphatic imine (C=N–C) groups is 1. The van der Waals surface area contributed by atoms with E-state index in [4.69, 9.17) is 4.74 Å². The summed E-state index contributed by atoms with van der Waals surface area (Å²) in [5.41, 5.74) is 1.15. The first-order chi connectivity index (χ1) is 15.1. The van der Waals surface area contributed by atoms with Crippen molar-refractivity contribution in [2.24, 2.45) is 4.99 Å². The van der Waals surface area contributed by atoms with E-state index in [2.05, 4.69) is 25.5 Å². The molecule has 0 bridgehead atoms. The van der Waals surface area contributed by atoms with Crippen molar-refractivity contribution in [3.63, 3.8) is 0 Å². The number of nitrogens with one attached hydrogen (secondary N) is 2. The van der Waals surface area contributed by atoms with Gasteiger partial charge < -0.3 is 20.3 Å². The van der Waals surface area contributed by atoms with Crippen LogP contribution in [0.4, 0.5) is 0 Å². The van der Waals surface area contributed by atoms with Crippen LogP contribution in [0.3, 0.4) is 0 Å². The minimum atomic E-state index is 0.0411. The molecule has 2 heterocycles. The van der Waals surface area contributed by atoms with Crippen LogP contribution in [0.25, 0.3) is 0 Å². The van der Waals surface area contributed by atoms with Gasteiger partial charge in [0, 0.05) is 64.1 Å². The number of hydrogen-bond acceptors (Lipinski definition) is 5. The quantitative estimate of drug-likeness (QED) is 0.478. The van der Waals surface area contributed by atoms with E-state index >= 15 is 0 Å². The van der Waals surface area contributed by atoms with Crippen molar-refractivity contribution in [1.29, 1.82) is 0 Å². The van der Waals surface area contributed by atoms with Gasteiger partial charge in [0.2, 0.25) is 5.91 Å². The van der Waals surface area contributed by atoms with Crippen LogP contribution in [-0.4, -0.2) is 92.2 Å². The Balaban J connectivity index is 1.46. The third kappa shape index (κ3) is 6.90. The number of aromatic nitrogens is 1. The summed E-state index contributed by atoms with van der Waals surface area (Å²) >= 11 is 0. The van der Waals surface area contributed by atoms with E-state index in [0.29, 0.717) is 12.5 Å². The van der Waals surface area contributed by atoms with Crippen molar-refractivity contribution in [3.8, 4) is 0 Å². The second-order valence-corrected chi connectivity index (χ2v) is 8.55. The van der Waals surface area contributed by atoms with Crippen molar-refractivity contribution in [1.82, 2.24) is 25.4 Å². The van der Waals surface area contributed by atoms with E-state index in [1.54, 1.807) is 18.1 Å². The van der Waals surface area contributed by atoms with Gasteiger partial charge in [-0.05, 0) is 25.0 Å². The monoisotopic (exact) mass is 430 g/mol. The number of rotatable bonds is 8. The Labute approximate surface area is 186 Å². The molecule has 1 saturated carbocycles. The number of ether oxygens (including phenoxy) is 1. The van der Waals surface area contributed by atoms with Crippen molar-refractivity contribution >= 4 is 11.9 Å². The third-order valence-corrected chi connectivity index (χ3v) is 6.54. The van der Waals surface area contributed by atoms with Crippen LogP contribution in [0.15, 0.2) is 29.4 Å². The zero-order valence-electron chi connectivity index (χ0n) is 19.1. The normalized spacial score (nSPS) is 19.6. The lowest BCUT2D eigenvalue weighted by Gasteiger charge is -2.48. The number of pyridine rings is 1. The second kappa shape index (κ2) is 12.0. The molecular weight excluding hydrogens is 392 g/mol. The standard InChI is InChI=1S/C23H38N6O2/c1-24-22(26-18-21(30)28(2)13-9-20-8-4-7-12-25-20)27-19-23(10-5-3-6-11-23)29-14-16-31-17-15-29/h4,7-8,12H,3,5-6,9-11,13-19H2,1-2H3,(H2,24,26,27). The number of nitrogens with zero attached hydrogens (tertiary/aromatic N) is 4. The maximum absolute atomic E-state index is 12.5. The zero-order chi connectivity index (χ0) is 21.9. The maximum Gasteiger partial charge on any atom is 0.241 e. The number of hydrogen-bond donors (Lipinski definition) is 2. The van der Waals surface area contributed by atoms with Crippen LogP contribution in [0.5, 0.6) is 0 Å². The highest BCUT2D eigenvalue weighted by Gasteiger charge is 2.38. The summed E-state index contributed by atoms with van der Waals surface area (Å²) in [6.45, 7) is 5.33. The Morgan fingerprint density at radius 2 is 2.00 bits per heavy atom. The number of morpholine rings is 1. The largest absolute Gasteiger partial charge is 0.379 e. The number of guanidine groups is 1. The van der Waals surface area contributed by atoms with Gasteiger partial charge in [0.05, 0.1) is 19.8 Å². The van der Waals surface area contributed by atoms with E-state index in [-0.39, 0.29) is 18.0 Å². The number of carbonyl (C=O) groups excluding carboxylic acids is 1. The summed E-state index contributed by atoms with van der Waals surface area (Å²) in [4.78, 5) is 25.5. The van der Waals surface area contributed by atoms with Crippen molar-refractivity contribution in [2.45, 2.75) is 44.1 Å². The summed E-state index contributed by atoms with van der Waals surface area (Å²) in [7, 11) is 3.59. The number of carbonyl (C=O) groups is 1. The Kier molecular flexibility index (Phi) is 9.09. The van der Waals surface area contributed by atoms with Gasteiger partial charge in [0.1, 0.15) is 0 Å². The fraction of sp³-hybridized carbons (Fsp3) is 0.696. The number of likely N-dealkylation sites (N-methyl/N-ethyl adjacent to an activating group) is 1. The highest BCUT2D eigenvalue weighted by Crippen LogP contribution is 2.33. The SMILES string of the molecule is CN=C(NCC(=O)N(C)CCc1ccccn1)NCC1(N2CCOCC2)CCCCC1. The van der Waals surface area contributed by atoms with Gasteiger partial charge in [-0.2, -0.15) is 0 Å². The maximum atomic E-state index is 12.5. The fourth-order valence-corrected chi connectivity index (χ4v) is 4.57. The Morgan fingerprint density at radius 3 is 2.68 bits per heavy atom. The van der Waals surface area contributed by atoms with Gasteiger partial charge >= 0.3 is 0 Å².